The zero-order valence-corrected chi connectivity index (χ0v) is 14.3. The number of nitrogens with one attached hydrogen (secondary N) is 1. The Morgan fingerprint density at radius 2 is 2.17 bits per heavy atom. The minimum absolute atomic E-state index is 0.00719. The van der Waals surface area contributed by atoms with Gasteiger partial charge in [0, 0.05) is 25.9 Å². The van der Waals surface area contributed by atoms with Crippen molar-refractivity contribution in [1.82, 2.24) is 10.2 Å². The fraction of sp³-hybridized carbons (Fsp3) is 0.579. The number of para-hydroxylation sites is 1. The van der Waals surface area contributed by atoms with Crippen molar-refractivity contribution < 1.29 is 14.3 Å². The lowest BCUT2D eigenvalue weighted by atomic mass is 9.96. The van der Waals surface area contributed by atoms with Crippen molar-refractivity contribution in [3.05, 3.63) is 29.8 Å². The minimum Gasteiger partial charge on any atom is -0.488 e. The van der Waals surface area contributed by atoms with Gasteiger partial charge in [0.05, 0.1) is 12.5 Å². The lowest BCUT2D eigenvalue weighted by molar-refractivity contribution is -0.135. The van der Waals surface area contributed by atoms with Crippen LogP contribution in [-0.2, 0) is 16.0 Å². The summed E-state index contributed by atoms with van der Waals surface area (Å²) in [6, 6.07) is 8.00. The second-order valence-electron chi connectivity index (χ2n) is 6.73. The summed E-state index contributed by atoms with van der Waals surface area (Å²) in [4.78, 5) is 26.3. The monoisotopic (exact) mass is 330 g/mol. The van der Waals surface area contributed by atoms with Gasteiger partial charge in [-0.25, -0.2) is 0 Å². The standard InChI is InChI=1S/C19H26N2O3/c1-2-6-18(22)21-10-5-8-15(13-21)19(23)20-12-16-11-14-7-3-4-9-17(14)24-16/h3-4,7,9,15-16H,2,5-6,8,10-13H2,1H3,(H,20,23)/t15-,16-/m0/s1. The minimum atomic E-state index is -0.0941. The first kappa shape index (κ1) is 16.8. The molecule has 5 heteroatoms. The Bertz CT molecular complexity index is 577. The third kappa shape index (κ3) is 3.89. The number of carbonyl (C=O) groups excluding carboxylic acids is 2. The molecule has 2 atom stereocenters. The fourth-order valence-electron chi connectivity index (χ4n) is 3.52. The average Bonchev–Trinajstić information content (AvgIpc) is 3.03. The van der Waals surface area contributed by atoms with Gasteiger partial charge < -0.3 is 15.0 Å². The van der Waals surface area contributed by atoms with Crippen molar-refractivity contribution in [2.45, 2.75) is 45.1 Å². The second-order valence-corrected chi connectivity index (χ2v) is 6.73. The smallest absolute Gasteiger partial charge is 0.225 e. The van der Waals surface area contributed by atoms with Gasteiger partial charge in [-0.3, -0.25) is 9.59 Å². The molecule has 24 heavy (non-hydrogen) atoms. The highest BCUT2D eigenvalue weighted by Crippen LogP contribution is 2.27. The first-order valence-corrected chi connectivity index (χ1v) is 8.97. The fourth-order valence-corrected chi connectivity index (χ4v) is 3.52. The highest BCUT2D eigenvalue weighted by Gasteiger charge is 2.29. The first-order chi connectivity index (χ1) is 11.7. The molecule has 2 heterocycles. The van der Waals surface area contributed by atoms with Crippen LogP contribution in [0.2, 0.25) is 0 Å². The molecule has 0 saturated carbocycles. The van der Waals surface area contributed by atoms with E-state index in [2.05, 4.69) is 11.4 Å². The van der Waals surface area contributed by atoms with E-state index in [0.29, 0.717) is 19.5 Å². The number of likely N-dealkylation sites (tertiary alicyclic amines) is 1. The van der Waals surface area contributed by atoms with Gasteiger partial charge in [0.1, 0.15) is 11.9 Å². The third-order valence-corrected chi connectivity index (χ3v) is 4.83. The normalized spacial score (nSPS) is 22.6. The molecule has 0 aromatic heterocycles. The molecule has 1 aromatic rings. The van der Waals surface area contributed by atoms with Gasteiger partial charge in [-0.05, 0) is 30.9 Å². The molecular formula is C19H26N2O3. The number of benzene rings is 1. The molecule has 0 radical (unpaired) electrons. The SMILES string of the molecule is CCCC(=O)N1CCC[C@H](C(=O)NC[C@@H]2Cc3ccccc3O2)C1. The Hall–Kier alpha value is -2.04. The zero-order chi connectivity index (χ0) is 16.9. The molecule has 0 spiro atoms. The number of nitrogens with zero attached hydrogens (tertiary/aromatic N) is 1. The van der Waals surface area contributed by atoms with Crippen LogP contribution in [0, 0.1) is 5.92 Å². The van der Waals surface area contributed by atoms with Crippen molar-refractivity contribution in [3.63, 3.8) is 0 Å². The molecule has 2 aliphatic heterocycles. The molecule has 1 aromatic carbocycles. The molecule has 3 rings (SSSR count). The largest absolute Gasteiger partial charge is 0.488 e. The zero-order valence-electron chi connectivity index (χ0n) is 14.3. The Morgan fingerprint density at radius 1 is 1.33 bits per heavy atom. The molecule has 2 aliphatic rings. The Balaban J connectivity index is 1.46. The van der Waals surface area contributed by atoms with Gasteiger partial charge in [0.2, 0.25) is 11.8 Å². The number of fused-ring (bicyclic) bond motifs is 1. The maximum atomic E-state index is 12.4. The molecule has 2 amide bonds. The van der Waals surface area contributed by atoms with E-state index in [1.54, 1.807) is 0 Å². The van der Waals surface area contributed by atoms with Crippen LogP contribution >= 0.6 is 0 Å². The van der Waals surface area contributed by atoms with E-state index in [1.807, 2.05) is 30.0 Å². The summed E-state index contributed by atoms with van der Waals surface area (Å²) in [7, 11) is 0. The van der Waals surface area contributed by atoms with E-state index in [4.69, 9.17) is 4.74 Å². The summed E-state index contributed by atoms with van der Waals surface area (Å²) in [6.45, 7) is 3.86. The Kier molecular flexibility index (Phi) is 5.38. The van der Waals surface area contributed by atoms with Crippen LogP contribution in [0.15, 0.2) is 24.3 Å². The van der Waals surface area contributed by atoms with E-state index in [-0.39, 0.29) is 23.8 Å². The number of piperidine rings is 1. The van der Waals surface area contributed by atoms with Crippen molar-refractivity contribution in [2.24, 2.45) is 5.92 Å². The van der Waals surface area contributed by atoms with Crippen molar-refractivity contribution in [2.75, 3.05) is 19.6 Å². The maximum Gasteiger partial charge on any atom is 0.225 e. The Morgan fingerprint density at radius 3 is 2.96 bits per heavy atom. The van der Waals surface area contributed by atoms with Gasteiger partial charge >= 0.3 is 0 Å². The van der Waals surface area contributed by atoms with Crippen LogP contribution in [0.4, 0.5) is 0 Å². The summed E-state index contributed by atoms with van der Waals surface area (Å²) in [5, 5.41) is 3.02. The second kappa shape index (κ2) is 7.69. The highest BCUT2D eigenvalue weighted by atomic mass is 16.5. The summed E-state index contributed by atoms with van der Waals surface area (Å²) in [5.74, 6) is 1.04. The summed E-state index contributed by atoms with van der Waals surface area (Å²) < 4.78 is 5.86. The lowest BCUT2D eigenvalue weighted by Gasteiger charge is -2.32. The van der Waals surface area contributed by atoms with Crippen LogP contribution in [0.5, 0.6) is 5.75 Å². The van der Waals surface area contributed by atoms with Crippen LogP contribution in [0.1, 0.15) is 38.2 Å². The number of rotatable bonds is 5. The molecule has 5 nitrogen and oxygen atoms in total. The van der Waals surface area contributed by atoms with Crippen molar-refractivity contribution in [3.8, 4) is 5.75 Å². The molecule has 130 valence electrons. The van der Waals surface area contributed by atoms with E-state index < -0.39 is 0 Å². The molecular weight excluding hydrogens is 304 g/mol. The van der Waals surface area contributed by atoms with E-state index >= 15 is 0 Å². The molecule has 1 fully saturated rings. The topological polar surface area (TPSA) is 58.6 Å². The molecule has 1 N–H and O–H groups in total. The summed E-state index contributed by atoms with van der Waals surface area (Å²) in [6.07, 6.45) is 4.02. The average molecular weight is 330 g/mol. The van der Waals surface area contributed by atoms with Gasteiger partial charge in [-0.1, -0.05) is 25.1 Å². The molecule has 1 saturated heterocycles. The predicted molar refractivity (Wildman–Crippen MR) is 91.8 cm³/mol. The van der Waals surface area contributed by atoms with Gasteiger partial charge in [-0.15, -0.1) is 0 Å². The number of hydrogen-bond donors (Lipinski definition) is 1. The van der Waals surface area contributed by atoms with Crippen molar-refractivity contribution >= 4 is 11.8 Å². The quantitative estimate of drug-likeness (QED) is 0.900. The lowest BCUT2D eigenvalue weighted by Crippen LogP contribution is -2.46. The maximum absolute atomic E-state index is 12.4. The van der Waals surface area contributed by atoms with Gasteiger partial charge in [0.15, 0.2) is 0 Å². The van der Waals surface area contributed by atoms with E-state index in [9.17, 15) is 9.59 Å². The van der Waals surface area contributed by atoms with Gasteiger partial charge in [-0.2, -0.15) is 0 Å². The van der Waals surface area contributed by atoms with Crippen LogP contribution in [0.3, 0.4) is 0 Å². The number of carbonyl (C=O) groups is 2. The van der Waals surface area contributed by atoms with Crippen LogP contribution in [0.25, 0.3) is 0 Å². The Labute approximate surface area is 143 Å². The van der Waals surface area contributed by atoms with Crippen LogP contribution in [-0.4, -0.2) is 42.5 Å². The molecule has 0 aliphatic carbocycles. The predicted octanol–water partition coefficient (Wildman–Crippen LogP) is 2.14. The number of hydrogen-bond acceptors (Lipinski definition) is 3. The van der Waals surface area contributed by atoms with E-state index in [1.165, 1.54) is 5.56 Å². The highest BCUT2D eigenvalue weighted by molar-refractivity contribution is 5.81. The number of ether oxygens (including phenoxy) is 1. The third-order valence-electron chi connectivity index (χ3n) is 4.83. The molecule has 0 unspecified atom stereocenters. The summed E-state index contributed by atoms with van der Waals surface area (Å²) in [5.41, 5.74) is 1.20. The van der Waals surface area contributed by atoms with Gasteiger partial charge in [0.25, 0.3) is 0 Å². The number of amides is 2. The summed E-state index contributed by atoms with van der Waals surface area (Å²) >= 11 is 0. The van der Waals surface area contributed by atoms with Crippen LogP contribution < -0.4 is 10.1 Å². The van der Waals surface area contributed by atoms with Crippen molar-refractivity contribution in [1.29, 1.82) is 0 Å². The molecule has 0 bridgehead atoms. The van der Waals surface area contributed by atoms with E-state index in [0.717, 1.165) is 38.0 Å². The first-order valence-electron chi connectivity index (χ1n) is 8.97.